The van der Waals surface area contributed by atoms with Crippen LogP contribution in [0.3, 0.4) is 0 Å². The molecule has 0 aliphatic rings. The molecule has 17 heavy (non-hydrogen) atoms. The second kappa shape index (κ2) is 4.47. The highest BCUT2D eigenvalue weighted by atomic mass is 32.1. The average Bonchev–Trinajstić information content (AvgIpc) is 2.77. The van der Waals surface area contributed by atoms with Crippen LogP contribution in [0.1, 0.15) is 20.0 Å². The summed E-state index contributed by atoms with van der Waals surface area (Å²) in [6.45, 7) is 0. The summed E-state index contributed by atoms with van der Waals surface area (Å²) in [6, 6.07) is 5.10. The van der Waals surface area contributed by atoms with Crippen LogP contribution in [0.2, 0.25) is 0 Å². The van der Waals surface area contributed by atoms with Gasteiger partial charge in [-0.25, -0.2) is 9.18 Å². The molecule has 0 atom stereocenters. The normalized spacial score (nSPS) is 10.2. The molecule has 2 aromatic rings. The van der Waals surface area contributed by atoms with Crippen LogP contribution < -0.4 is 0 Å². The fourth-order valence-electron chi connectivity index (χ4n) is 1.44. The first-order valence-corrected chi connectivity index (χ1v) is 5.56. The molecular weight excluding hydrogens is 243 g/mol. The van der Waals surface area contributed by atoms with E-state index in [2.05, 4.69) is 0 Å². The van der Waals surface area contributed by atoms with Crippen molar-refractivity contribution in [1.82, 2.24) is 0 Å². The Balaban J connectivity index is 2.53. The van der Waals surface area contributed by atoms with Crippen molar-refractivity contribution < 1.29 is 19.1 Å². The maximum Gasteiger partial charge on any atom is 0.335 e. The quantitative estimate of drug-likeness (QED) is 0.852. The van der Waals surface area contributed by atoms with Gasteiger partial charge in [0.2, 0.25) is 0 Å². The first-order chi connectivity index (χ1) is 8.11. The summed E-state index contributed by atoms with van der Waals surface area (Å²) >= 11 is 1.19. The number of halogens is 1. The number of hydrogen-bond donors (Lipinski definition) is 1. The molecule has 0 saturated carbocycles. The number of hydrogen-bond acceptors (Lipinski definition) is 3. The number of thiophene rings is 1. The van der Waals surface area contributed by atoms with Crippen LogP contribution in [0.15, 0.2) is 29.6 Å². The number of carbonyl (C=O) groups excluding carboxylic acids is 1. The number of carboxylic acids is 1. The van der Waals surface area contributed by atoms with E-state index in [0.29, 0.717) is 16.7 Å². The van der Waals surface area contributed by atoms with Crippen LogP contribution in [-0.4, -0.2) is 17.4 Å². The van der Waals surface area contributed by atoms with Gasteiger partial charge >= 0.3 is 5.97 Å². The van der Waals surface area contributed by atoms with Crippen LogP contribution in [0.25, 0.3) is 11.1 Å². The minimum Gasteiger partial charge on any atom is -0.478 e. The monoisotopic (exact) mass is 250 g/mol. The van der Waals surface area contributed by atoms with E-state index >= 15 is 0 Å². The van der Waals surface area contributed by atoms with E-state index in [9.17, 15) is 14.0 Å². The summed E-state index contributed by atoms with van der Waals surface area (Å²) in [5.41, 5.74) is 0.715. The van der Waals surface area contributed by atoms with Crippen molar-refractivity contribution in [3.63, 3.8) is 0 Å². The van der Waals surface area contributed by atoms with E-state index in [4.69, 9.17) is 5.11 Å². The van der Waals surface area contributed by atoms with Crippen LogP contribution in [-0.2, 0) is 0 Å². The number of benzene rings is 1. The van der Waals surface area contributed by atoms with Gasteiger partial charge in [-0.3, -0.25) is 4.79 Å². The zero-order valence-corrected chi connectivity index (χ0v) is 9.33. The van der Waals surface area contributed by atoms with Gasteiger partial charge in [0.25, 0.3) is 0 Å². The molecule has 1 aromatic heterocycles. The van der Waals surface area contributed by atoms with E-state index < -0.39 is 11.8 Å². The SMILES string of the molecule is O=Cc1cc(-c2cc(C(=O)O)ccc2F)cs1. The molecule has 3 nitrogen and oxygen atoms in total. The Labute approximate surface area is 100 Å². The van der Waals surface area contributed by atoms with Crippen molar-refractivity contribution >= 4 is 23.6 Å². The predicted octanol–water partition coefficient (Wildman–Crippen LogP) is 3.06. The van der Waals surface area contributed by atoms with Crippen LogP contribution in [0.4, 0.5) is 4.39 Å². The predicted molar refractivity (Wildman–Crippen MR) is 62.1 cm³/mol. The Morgan fingerprint density at radius 1 is 1.35 bits per heavy atom. The number of aromatic carboxylic acids is 1. The van der Waals surface area contributed by atoms with Gasteiger partial charge in [0.05, 0.1) is 10.4 Å². The molecule has 0 fully saturated rings. The average molecular weight is 250 g/mol. The summed E-state index contributed by atoms with van der Waals surface area (Å²) in [5, 5.41) is 10.4. The number of rotatable bonds is 3. The third-order valence-electron chi connectivity index (χ3n) is 2.26. The van der Waals surface area contributed by atoms with E-state index in [0.717, 1.165) is 6.07 Å². The van der Waals surface area contributed by atoms with Crippen molar-refractivity contribution in [1.29, 1.82) is 0 Å². The molecule has 0 saturated heterocycles. The molecule has 0 spiro atoms. The van der Waals surface area contributed by atoms with Crippen LogP contribution in [0.5, 0.6) is 0 Å². The van der Waals surface area contributed by atoms with Crippen molar-refractivity contribution in [2.75, 3.05) is 0 Å². The topological polar surface area (TPSA) is 54.4 Å². The number of carboxylic acid groups (broad SMARTS) is 1. The summed E-state index contributed by atoms with van der Waals surface area (Å²) in [5.74, 6) is -1.62. The second-order valence-corrected chi connectivity index (χ2v) is 4.30. The Bertz CT molecular complexity index is 589. The number of aldehydes is 1. The highest BCUT2D eigenvalue weighted by Gasteiger charge is 2.11. The van der Waals surface area contributed by atoms with Crippen LogP contribution in [0, 0.1) is 5.82 Å². The van der Waals surface area contributed by atoms with Crippen LogP contribution >= 0.6 is 11.3 Å². The Kier molecular flexibility index (Phi) is 3.01. The molecule has 0 radical (unpaired) electrons. The summed E-state index contributed by atoms with van der Waals surface area (Å²) in [4.78, 5) is 21.8. The fourth-order valence-corrected chi connectivity index (χ4v) is 2.14. The van der Waals surface area contributed by atoms with Crippen molar-refractivity contribution in [2.45, 2.75) is 0 Å². The summed E-state index contributed by atoms with van der Waals surface area (Å²) < 4.78 is 13.6. The smallest absolute Gasteiger partial charge is 0.335 e. The lowest BCUT2D eigenvalue weighted by Crippen LogP contribution is -1.97. The van der Waals surface area contributed by atoms with Gasteiger partial charge in [-0.05, 0) is 35.2 Å². The fraction of sp³-hybridized carbons (Fsp3) is 0. The molecule has 86 valence electrons. The van der Waals surface area contributed by atoms with E-state index in [1.165, 1.54) is 29.5 Å². The minimum atomic E-state index is -1.11. The highest BCUT2D eigenvalue weighted by molar-refractivity contribution is 7.12. The molecule has 0 bridgehead atoms. The first-order valence-electron chi connectivity index (χ1n) is 4.68. The maximum absolute atomic E-state index is 13.6. The molecule has 0 unspecified atom stereocenters. The Hall–Kier alpha value is -2.01. The second-order valence-electron chi connectivity index (χ2n) is 3.36. The molecule has 2 rings (SSSR count). The summed E-state index contributed by atoms with van der Waals surface area (Å²) in [7, 11) is 0. The summed E-state index contributed by atoms with van der Waals surface area (Å²) in [6.07, 6.45) is 0.674. The largest absolute Gasteiger partial charge is 0.478 e. The standard InChI is InChI=1S/C12H7FO3S/c13-11-2-1-7(12(15)16)4-10(11)8-3-9(5-14)17-6-8/h1-6H,(H,15,16). The maximum atomic E-state index is 13.6. The molecule has 1 aromatic carbocycles. The molecule has 0 aliphatic carbocycles. The van der Waals surface area contributed by atoms with Gasteiger partial charge in [-0.2, -0.15) is 0 Å². The van der Waals surface area contributed by atoms with Gasteiger partial charge in [-0.15, -0.1) is 11.3 Å². The molecular formula is C12H7FO3S. The van der Waals surface area contributed by atoms with Crippen molar-refractivity contribution in [2.24, 2.45) is 0 Å². The number of carbonyl (C=O) groups is 2. The van der Waals surface area contributed by atoms with E-state index in [1.54, 1.807) is 5.38 Å². The van der Waals surface area contributed by atoms with E-state index in [1.807, 2.05) is 0 Å². The van der Waals surface area contributed by atoms with Crippen molar-refractivity contribution in [3.05, 3.63) is 45.9 Å². The Morgan fingerprint density at radius 3 is 2.71 bits per heavy atom. The third kappa shape index (κ3) is 2.24. The molecule has 1 N–H and O–H groups in total. The zero-order valence-electron chi connectivity index (χ0n) is 8.51. The Morgan fingerprint density at radius 2 is 2.12 bits per heavy atom. The zero-order chi connectivity index (χ0) is 12.4. The molecule has 5 heteroatoms. The van der Waals surface area contributed by atoms with Crippen molar-refractivity contribution in [3.8, 4) is 11.1 Å². The van der Waals surface area contributed by atoms with Gasteiger partial charge in [0, 0.05) is 5.56 Å². The van der Waals surface area contributed by atoms with Gasteiger partial charge in [0.1, 0.15) is 5.82 Å². The van der Waals surface area contributed by atoms with E-state index in [-0.39, 0.29) is 11.1 Å². The minimum absolute atomic E-state index is 0.0141. The third-order valence-corrected chi connectivity index (χ3v) is 3.12. The van der Waals surface area contributed by atoms with Gasteiger partial charge in [0.15, 0.2) is 6.29 Å². The molecule has 1 heterocycles. The molecule has 0 aliphatic heterocycles. The first kappa shape index (κ1) is 11.5. The lowest BCUT2D eigenvalue weighted by molar-refractivity contribution is 0.0696. The lowest BCUT2D eigenvalue weighted by atomic mass is 10.0. The van der Waals surface area contributed by atoms with Gasteiger partial charge in [-0.1, -0.05) is 0 Å². The van der Waals surface area contributed by atoms with Gasteiger partial charge < -0.3 is 5.11 Å². The molecule has 0 amide bonds. The lowest BCUT2D eigenvalue weighted by Gasteiger charge is -2.02. The highest BCUT2D eigenvalue weighted by Crippen LogP contribution is 2.28.